The van der Waals surface area contributed by atoms with Gasteiger partial charge in [-0.15, -0.1) is 0 Å². The number of hydrogen-bond acceptors (Lipinski definition) is 0. The number of fused-ring (bicyclic) bond motifs is 5. The molecule has 0 saturated heterocycles. The van der Waals surface area contributed by atoms with Gasteiger partial charge in [0, 0.05) is 5.41 Å². The van der Waals surface area contributed by atoms with Crippen molar-refractivity contribution in [2.45, 2.75) is 19.3 Å². The molecule has 47 heavy (non-hydrogen) atoms. The normalized spacial score (nSPS) is 13.1. The monoisotopic (exact) mass is 598 g/mol. The van der Waals surface area contributed by atoms with Gasteiger partial charge in [-0.3, -0.25) is 0 Å². The number of benzene rings is 8. The topological polar surface area (TPSA) is 0 Å². The van der Waals surface area contributed by atoms with E-state index in [1.807, 2.05) is 0 Å². The molecule has 0 atom stereocenters. The zero-order valence-electron chi connectivity index (χ0n) is 26.7. The van der Waals surface area contributed by atoms with Crippen LogP contribution in [0.1, 0.15) is 25.0 Å². The molecule has 0 radical (unpaired) electrons. The van der Waals surface area contributed by atoms with Crippen LogP contribution in [-0.4, -0.2) is 0 Å². The summed E-state index contributed by atoms with van der Waals surface area (Å²) in [5, 5.41) is 5.04. The molecule has 0 heteroatoms. The summed E-state index contributed by atoms with van der Waals surface area (Å²) in [6, 6.07) is 62.6. The first-order valence-corrected chi connectivity index (χ1v) is 16.5. The van der Waals surface area contributed by atoms with Gasteiger partial charge in [-0.25, -0.2) is 0 Å². The van der Waals surface area contributed by atoms with E-state index in [1.165, 1.54) is 88.3 Å². The van der Waals surface area contributed by atoms with Gasteiger partial charge in [-0.05, 0) is 119 Å². The minimum atomic E-state index is 0.00409. The SMILES string of the molecule is CC1(C)c2ccccc2-c2ccc(-c3ccc4cc(-c5ccc(-c6ccc7cc(-c8ccccc8)ccc7c6)cc5)ccc4c3)cc21. The molecule has 222 valence electrons. The highest BCUT2D eigenvalue weighted by Gasteiger charge is 2.35. The summed E-state index contributed by atoms with van der Waals surface area (Å²) in [6.45, 7) is 4.69. The molecule has 0 spiro atoms. The van der Waals surface area contributed by atoms with E-state index in [4.69, 9.17) is 0 Å². The van der Waals surface area contributed by atoms with Crippen molar-refractivity contribution in [3.05, 3.63) is 181 Å². The summed E-state index contributed by atoms with van der Waals surface area (Å²) >= 11 is 0. The van der Waals surface area contributed by atoms with Gasteiger partial charge in [0.15, 0.2) is 0 Å². The summed E-state index contributed by atoms with van der Waals surface area (Å²) in [4.78, 5) is 0. The van der Waals surface area contributed by atoms with Gasteiger partial charge in [0.1, 0.15) is 0 Å². The molecular weight excluding hydrogens is 565 g/mol. The lowest BCUT2D eigenvalue weighted by Crippen LogP contribution is -2.14. The van der Waals surface area contributed by atoms with Crippen LogP contribution < -0.4 is 0 Å². The molecule has 0 fully saturated rings. The Morgan fingerprint density at radius 2 is 0.638 bits per heavy atom. The summed E-state index contributed by atoms with van der Waals surface area (Å²) in [5.74, 6) is 0. The van der Waals surface area contributed by atoms with Crippen LogP contribution in [0.25, 0.3) is 77.2 Å². The summed E-state index contributed by atoms with van der Waals surface area (Å²) in [6.07, 6.45) is 0. The van der Waals surface area contributed by atoms with E-state index in [-0.39, 0.29) is 5.41 Å². The van der Waals surface area contributed by atoms with Gasteiger partial charge in [0.25, 0.3) is 0 Å². The molecule has 0 nitrogen and oxygen atoms in total. The highest BCUT2D eigenvalue weighted by Crippen LogP contribution is 2.49. The zero-order valence-corrected chi connectivity index (χ0v) is 26.7. The van der Waals surface area contributed by atoms with E-state index in [1.54, 1.807) is 0 Å². The lowest BCUT2D eigenvalue weighted by molar-refractivity contribution is 0.660. The maximum Gasteiger partial charge on any atom is 0.0159 e. The van der Waals surface area contributed by atoms with E-state index in [0.29, 0.717) is 0 Å². The Bertz CT molecular complexity index is 2460. The van der Waals surface area contributed by atoms with E-state index < -0.39 is 0 Å². The third-order valence-corrected chi connectivity index (χ3v) is 10.3. The number of rotatable bonds is 4. The van der Waals surface area contributed by atoms with Gasteiger partial charge in [0.05, 0.1) is 0 Å². The first-order chi connectivity index (χ1) is 23.0. The van der Waals surface area contributed by atoms with E-state index in [2.05, 4.69) is 184 Å². The second kappa shape index (κ2) is 10.7. The Morgan fingerprint density at radius 3 is 1.17 bits per heavy atom. The Kier molecular flexibility index (Phi) is 6.27. The van der Waals surface area contributed by atoms with E-state index >= 15 is 0 Å². The third kappa shape index (κ3) is 4.68. The molecule has 0 unspecified atom stereocenters. The molecule has 0 bridgehead atoms. The van der Waals surface area contributed by atoms with Gasteiger partial charge >= 0.3 is 0 Å². The quantitative estimate of drug-likeness (QED) is 0.189. The molecule has 8 aromatic carbocycles. The summed E-state index contributed by atoms with van der Waals surface area (Å²) < 4.78 is 0. The minimum absolute atomic E-state index is 0.00409. The molecular formula is C47H34. The molecule has 0 aromatic heterocycles. The van der Waals surface area contributed by atoms with Crippen molar-refractivity contribution in [3.63, 3.8) is 0 Å². The molecule has 0 N–H and O–H groups in total. The van der Waals surface area contributed by atoms with Gasteiger partial charge in [0.2, 0.25) is 0 Å². The van der Waals surface area contributed by atoms with E-state index in [0.717, 1.165) is 0 Å². The molecule has 9 rings (SSSR count). The third-order valence-electron chi connectivity index (χ3n) is 10.3. The Balaban J connectivity index is 0.977. The predicted molar refractivity (Wildman–Crippen MR) is 201 cm³/mol. The van der Waals surface area contributed by atoms with Crippen molar-refractivity contribution in [2.24, 2.45) is 0 Å². The lowest BCUT2D eigenvalue weighted by Gasteiger charge is -2.22. The minimum Gasteiger partial charge on any atom is -0.0622 e. The van der Waals surface area contributed by atoms with Crippen molar-refractivity contribution in [2.75, 3.05) is 0 Å². The van der Waals surface area contributed by atoms with Crippen molar-refractivity contribution in [1.29, 1.82) is 0 Å². The maximum atomic E-state index is 2.41. The smallest absolute Gasteiger partial charge is 0.0159 e. The zero-order chi connectivity index (χ0) is 31.5. The van der Waals surface area contributed by atoms with Crippen LogP contribution in [0.4, 0.5) is 0 Å². The Labute approximate surface area is 276 Å². The number of hydrogen-bond donors (Lipinski definition) is 0. The van der Waals surface area contributed by atoms with Crippen LogP contribution in [0.5, 0.6) is 0 Å². The highest BCUT2D eigenvalue weighted by atomic mass is 14.4. The van der Waals surface area contributed by atoms with Crippen LogP contribution in [-0.2, 0) is 5.41 Å². The second-order valence-corrected chi connectivity index (χ2v) is 13.4. The molecule has 0 aliphatic heterocycles. The molecule has 0 amide bonds. The van der Waals surface area contributed by atoms with Crippen LogP contribution in [0.3, 0.4) is 0 Å². The van der Waals surface area contributed by atoms with Gasteiger partial charge in [-0.2, -0.15) is 0 Å². The first kappa shape index (κ1) is 27.6. The fourth-order valence-corrected chi connectivity index (χ4v) is 7.58. The van der Waals surface area contributed by atoms with Crippen molar-refractivity contribution >= 4 is 21.5 Å². The Hall–Kier alpha value is -5.72. The molecule has 0 saturated carbocycles. The van der Waals surface area contributed by atoms with Crippen LogP contribution >= 0.6 is 0 Å². The average Bonchev–Trinajstić information content (AvgIpc) is 3.36. The van der Waals surface area contributed by atoms with Crippen LogP contribution in [0.2, 0.25) is 0 Å². The average molecular weight is 599 g/mol. The van der Waals surface area contributed by atoms with Crippen molar-refractivity contribution in [1.82, 2.24) is 0 Å². The van der Waals surface area contributed by atoms with Crippen LogP contribution in [0, 0.1) is 0 Å². The fraction of sp³-hybridized carbons (Fsp3) is 0.0638. The second-order valence-electron chi connectivity index (χ2n) is 13.4. The largest absolute Gasteiger partial charge is 0.0622 e. The van der Waals surface area contributed by atoms with Crippen molar-refractivity contribution in [3.8, 4) is 55.6 Å². The summed E-state index contributed by atoms with van der Waals surface area (Å²) in [7, 11) is 0. The molecule has 8 aromatic rings. The molecule has 0 heterocycles. The lowest BCUT2D eigenvalue weighted by atomic mass is 9.81. The maximum absolute atomic E-state index is 2.41. The predicted octanol–water partition coefficient (Wildman–Crippen LogP) is 13.0. The first-order valence-electron chi connectivity index (χ1n) is 16.5. The molecule has 1 aliphatic rings. The molecule has 1 aliphatic carbocycles. The van der Waals surface area contributed by atoms with Crippen molar-refractivity contribution < 1.29 is 0 Å². The highest BCUT2D eigenvalue weighted by molar-refractivity contribution is 5.93. The van der Waals surface area contributed by atoms with Crippen LogP contribution in [0.15, 0.2) is 170 Å². The fourth-order valence-electron chi connectivity index (χ4n) is 7.58. The van der Waals surface area contributed by atoms with Gasteiger partial charge in [-0.1, -0.05) is 153 Å². The van der Waals surface area contributed by atoms with E-state index in [9.17, 15) is 0 Å². The standard InChI is InChI=1S/C47H34/c1-47(2)45-11-7-6-10-43(45)44-25-24-42(30-46(44)47)41-23-22-39-28-36(18-21-40(39)29-41)33-14-12-32(13-15-33)35-17-20-37-26-34(16-19-38(37)27-35)31-8-4-3-5-9-31/h3-30H,1-2H3. The Morgan fingerprint density at radius 1 is 0.277 bits per heavy atom. The van der Waals surface area contributed by atoms with Gasteiger partial charge < -0.3 is 0 Å². The summed E-state index contributed by atoms with van der Waals surface area (Å²) in [5.41, 5.74) is 15.5.